The fourth-order valence-electron chi connectivity index (χ4n) is 2.96. The second kappa shape index (κ2) is 9.17. The van der Waals surface area contributed by atoms with Gasteiger partial charge >= 0.3 is 0 Å². The lowest BCUT2D eigenvalue weighted by Crippen LogP contribution is -2.40. The van der Waals surface area contributed by atoms with Crippen LogP contribution in [0.2, 0.25) is 0 Å². The van der Waals surface area contributed by atoms with Gasteiger partial charge in [-0.05, 0) is 64.7 Å². The van der Waals surface area contributed by atoms with Gasteiger partial charge < -0.3 is 10.1 Å². The molecule has 1 amide bonds. The molecule has 1 fully saturated rings. The number of nitrogens with zero attached hydrogens (tertiary/aromatic N) is 1. The van der Waals surface area contributed by atoms with Gasteiger partial charge in [0.05, 0.1) is 23.8 Å². The molecule has 8 heteroatoms. The third-order valence-electron chi connectivity index (χ3n) is 4.57. The zero-order chi connectivity index (χ0) is 20.1. The summed E-state index contributed by atoms with van der Waals surface area (Å²) in [5.41, 5.74) is 2.76. The summed E-state index contributed by atoms with van der Waals surface area (Å²) in [6.45, 7) is 3.57. The van der Waals surface area contributed by atoms with Gasteiger partial charge in [0.1, 0.15) is 0 Å². The lowest BCUT2D eigenvalue weighted by Gasteiger charge is -2.26. The highest BCUT2D eigenvalue weighted by molar-refractivity contribution is 9.10. The monoisotopic (exact) mass is 466 g/mol. The summed E-state index contributed by atoms with van der Waals surface area (Å²) in [4.78, 5) is 12.5. The number of rotatable bonds is 6. The fraction of sp³-hybridized carbons (Fsp3) is 0.350. The predicted octanol–water partition coefficient (Wildman–Crippen LogP) is 3.35. The lowest BCUT2D eigenvalue weighted by atomic mass is 10.1. The molecule has 0 atom stereocenters. The summed E-state index contributed by atoms with van der Waals surface area (Å²) in [5, 5.41) is 2.89. The highest BCUT2D eigenvalue weighted by Crippen LogP contribution is 2.24. The number of ether oxygens (including phenoxy) is 1. The van der Waals surface area contributed by atoms with E-state index in [0.29, 0.717) is 39.1 Å². The standard InChI is InChI=1S/C20H23BrN2O4S/c1-15-2-8-19(18(21)14-15)22-20(24)9-5-16-3-6-17(7-4-16)28(25,26)23-10-12-27-13-11-23/h2-4,6-8,14H,5,9-13H2,1H3,(H,22,24). The van der Waals surface area contributed by atoms with Gasteiger partial charge in [-0.25, -0.2) is 8.42 Å². The Balaban J connectivity index is 1.57. The number of morpholine rings is 1. The van der Waals surface area contributed by atoms with Crippen molar-refractivity contribution < 1.29 is 17.9 Å². The number of benzene rings is 2. The van der Waals surface area contributed by atoms with E-state index in [1.165, 1.54) is 4.31 Å². The minimum Gasteiger partial charge on any atom is -0.379 e. The largest absolute Gasteiger partial charge is 0.379 e. The normalized spacial score (nSPS) is 15.4. The minimum absolute atomic E-state index is 0.0884. The summed E-state index contributed by atoms with van der Waals surface area (Å²) in [7, 11) is -3.49. The number of hydrogen-bond donors (Lipinski definition) is 1. The molecule has 1 aliphatic rings. The molecule has 3 rings (SSSR count). The molecular formula is C20H23BrN2O4S. The van der Waals surface area contributed by atoms with E-state index in [0.717, 1.165) is 21.3 Å². The molecule has 1 saturated heterocycles. The smallest absolute Gasteiger partial charge is 0.243 e. The summed E-state index contributed by atoms with van der Waals surface area (Å²) < 4.78 is 32.8. The predicted molar refractivity (Wildman–Crippen MR) is 112 cm³/mol. The molecular weight excluding hydrogens is 444 g/mol. The molecule has 28 heavy (non-hydrogen) atoms. The van der Waals surface area contributed by atoms with E-state index in [-0.39, 0.29) is 10.8 Å². The number of halogens is 1. The number of carbonyl (C=O) groups is 1. The van der Waals surface area contributed by atoms with E-state index in [2.05, 4.69) is 21.2 Å². The maximum Gasteiger partial charge on any atom is 0.243 e. The van der Waals surface area contributed by atoms with Crippen LogP contribution in [0.3, 0.4) is 0 Å². The van der Waals surface area contributed by atoms with E-state index < -0.39 is 10.0 Å². The molecule has 0 radical (unpaired) electrons. The molecule has 0 aliphatic carbocycles. The molecule has 150 valence electrons. The third-order valence-corrected chi connectivity index (χ3v) is 7.14. The van der Waals surface area contributed by atoms with Crippen molar-refractivity contribution in [2.75, 3.05) is 31.6 Å². The number of aryl methyl sites for hydroxylation is 2. The van der Waals surface area contributed by atoms with E-state index in [4.69, 9.17) is 4.74 Å². The van der Waals surface area contributed by atoms with Gasteiger partial charge in [0.2, 0.25) is 15.9 Å². The quantitative estimate of drug-likeness (QED) is 0.707. The van der Waals surface area contributed by atoms with E-state index >= 15 is 0 Å². The molecule has 1 aliphatic heterocycles. The van der Waals surface area contributed by atoms with Crippen molar-refractivity contribution in [3.05, 3.63) is 58.1 Å². The number of nitrogens with one attached hydrogen (secondary N) is 1. The maximum absolute atomic E-state index is 12.6. The highest BCUT2D eigenvalue weighted by Gasteiger charge is 2.26. The topological polar surface area (TPSA) is 75.7 Å². The molecule has 0 saturated carbocycles. The Bertz CT molecular complexity index is 939. The number of sulfonamides is 1. The Morgan fingerprint density at radius 3 is 2.46 bits per heavy atom. The van der Waals surface area contributed by atoms with Crippen molar-refractivity contribution in [1.29, 1.82) is 0 Å². The van der Waals surface area contributed by atoms with Crippen LogP contribution in [0, 0.1) is 6.92 Å². The maximum atomic E-state index is 12.6. The van der Waals surface area contributed by atoms with Crippen LogP contribution in [0.4, 0.5) is 5.69 Å². The zero-order valence-electron chi connectivity index (χ0n) is 15.7. The number of hydrogen-bond acceptors (Lipinski definition) is 4. The molecule has 2 aromatic rings. The molecule has 0 bridgehead atoms. The van der Waals surface area contributed by atoms with Gasteiger partial charge in [0, 0.05) is 24.0 Å². The SMILES string of the molecule is Cc1ccc(NC(=O)CCc2ccc(S(=O)(=O)N3CCOCC3)cc2)c(Br)c1. The molecule has 6 nitrogen and oxygen atoms in total. The number of amides is 1. The van der Waals surface area contributed by atoms with Gasteiger partial charge in [-0.15, -0.1) is 0 Å². The first-order valence-corrected chi connectivity index (χ1v) is 11.3. The van der Waals surface area contributed by atoms with E-state index in [1.807, 2.05) is 25.1 Å². The van der Waals surface area contributed by atoms with Gasteiger partial charge in [-0.2, -0.15) is 4.31 Å². The van der Waals surface area contributed by atoms with Gasteiger partial charge in [-0.1, -0.05) is 18.2 Å². The summed E-state index contributed by atoms with van der Waals surface area (Å²) in [6.07, 6.45) is 0.850. The van der Waals surface area contributed by atoms with Gasteiger partial charge in [0.15, 0.2) is 0 Å². The van der Waals surface area contributed by atoms with Crippen LogP contribution in [0.5, 0.6) is 0 Å². The first kappa shape index (κ1) is 21.0. The van der Waals surface area contributed by atoms with Crippen molar-refractivity contribution in [3.63, 3.8) is 0 Å². The Morgan fingerprint density at radius 1 is 1.14 bits per heavy atom. The zero-order valence-corrected chi connectivity index (χ0v) is 18.1. The molecule has 2 aromatic carbocycles. The molecule has 1 heterocycles. The first-order valence-electron chi connectivity index (χ1n) is 9.09. The van der Waals surface area contributed by atoms with Crippen molar-refractivity contribution in [1.82, 2.24) is 4.31 Å². The summed E-state index contributed by atoms with van der Waals surface area (Å²) in [6, 6.07) is 12.5. The average molecular weight is 467 g/mol. The van der Waals surface area contributed by atoms with Crippen molar-refractivity contribution in [2.24, 2.45) is 0 Å². The van der Waals surface area contributed by atoms with Crippen molar-refractivity contribution in [3.8, 4) is 0 Å². The molecule has 0 unspecified atom stereocenters. The molecule has 0 aromatic heterocycles. The molecule has 1 N–H and O–H groups in total. The minimum atomic E-state index is -3.49. The molecule has 0 spiro atoms. The first-order chi connectivity index (χ1) is 13.4. The second-order valence-corrected chi connectivity index (χ2v) is 9.48. The van der Waals surface area contributed by atoms with Crippen LogP contribution in [-0.4, -0.2) is 44.9 Å². The fourth-order valence-corrected chi connectivity index (χ4v) is 4.96. The summed E-state index contributed by atoms with van der Waals surface area (Å²) >= 11 is 3.45. The van der Waals surface area contributed by atoms with Crippen molar-refractivity contribution in [2.45, 2.75) is 24.7 Å². The van der Waals surface area contributed by atoms with Gasteiger partial charge in [-0.3, -0.25) is 4.79 Å². The third kappa shape index (κ3) is 5.20. The number of anilines is 1. The Labute approximate surface area is 174 Å². The van der Waals surface area contributed by atoms with Crippen LogP contribution < -0.4 is 5.32 Å². The van der Waals surface area contributed by atoms with E-state index in [9.17, 15) is 13.2 Å². The summed E-state index contributed by atoms with van der Waals surface area (Å²) in [5.74, 6) is -0.0884. The van der Waals surface area contributed by atoms with Crippen LogP contribution in [0.25, 0.3) is 0 Å². The van der Waals surface area contributed by atoms with Crippen LogP contribution >= 0.6 is 15.9 Å². The lowest BCUT2D eigenvalue weighted by molar-refractivity contribution is -0.116. The average Bonchev–Trinajstić information content (AvgIpc) is 2.69. The Morgan fingerprint density at radius 2 is 1.82 bits per heavy atom. The van der Waals surface area contributed by atoms with Crippen LogP contribution in [0.15, 0.2) is 51.8 Å². The highest BCUT2D eigenvalue weighted by atomic mass is 79.9. The Kier molecular flexibility index (Phi) is 6.87. The number of carbonyl (C=O) groups excluding carboxylic acids is 1. The Hall–Kier alpha value is -1.74. The second-order valence-electron chi connectivity index (χ2n) is 6.69. The van der Waals surface area contributed by atoms with E-state index in [1.54, 1.807) is 24.3 Å². The van der Waals surface area contributed by atoms with Crippen LogP contribution in [-0.2, 0) is 26.0 Å². The van der Waals surface area contributed by atoms with Crippen LogP contribution in [0.1, 0.15) is 17.5 Å². The van der Waals surface area contributed by atoms with Crippen molar-refractivity contribution >= 4 is 37.5 Å². The van der Waals surface area contributed by atoms with Gasteiger partial charge in [0.25, 0.3) is 0 Å².